The van der Waals surface area contributed by atoms with E-state index in [-0.39, 0.29) is 11.9 Å². The van der Waals surface area contributed by atoms with Crippen LogP contribution in [0.15, 0.2) is 52.3 Å². The summed E-state index contributed by atoms with van der Waals surface area (Å²) in [6.45, 7) is 1.78. The van der Waals surface area contributed by atoms with Crippen LogP contribution in [0.1, 0.15) is 18.5 Å². The lowest BCUT2D eigenvalue weighted by atomic mass is 10.1. The first kappa shape index (κ1) is 13.4. The number of nitrogens with two attached hydrogens (primary N) is 1. The minimum Gasteiger partial charge on any atom is -0.324 e. The molecule has 0 radical (unpaired) electrons. The van der Waals surface area contributed by atoms with Crippen molar-refractivity contribution in [2.24, 2.45) is 5.73 Å². The summed E-state index contributed by atoms with van der Waals surface area (Å²) in [5.41, 5.74) is 6.36. The third-order valence-corrected chi connectivity index (χ3v) is 3.79. The Morgan fingerprint density at radius 3 is 2.61 bits per heavy atom. The van der Waals surface area contributed by atoms with E-state index in [0.29, 0.717) is 10.6 Å². The van der Waals surface area contributed by atoms with Gasteiger partial charge in [0.15, 0.2) is 0 Å². The van der Waals surface area contributed by atoms with E-state index in [1.165, 1.54) is 17.8 Å². The van der Waals surface area contributed by atoms with Gasteiger partial charge in [0.05, 0.1) is 0 Å². The standard InChI is InChI=1S/C14H13ClFNS/c1-9(17)14-12(16)6-3-7-13(14)18-11-5-2-4-10(15)8-11/h2-9H,17H2,1H3/t9-/m0/s1. The number of hydrogen-bond donors (Lipinski definition) is 1. The Morgan fingerprint density at radius 2 is 1.94 bits per heavy atom. The van der Waals surface area contributed by atoms with Gasteiger partial charge in [0.1, 0.15) is 5.82 Å². The van der Waals surface area contributed by atoms with E-state index in [1.54, 1.807) is 13.0 Å². The van der Waals surface area contributed by atoms with E-state index < -0.39 is 0 Å². The van der Waals surface area contributed by atoms with Crippen LogP contribution in [0.4, 0.5) is 4.39 Å². The molecule has 0 unspecified atom stereocenters. The average Bonchev–Trinajstić information content (AvgIpc) is 2.28. The lowest BCUT2D eigenvalue weighted by Gasteiger charge is -2.13. The predicted octanol–water partition coefficient (Wildman–Crippen LogP) is 4.65. The van der Waals surface area contributed by atoms with Gasteiger partial charge < -0.3 is 5.73 Å². The molecule has 18 heavy (non-hydrogen) atoms. The third-order valence-electron chi connectivity index (χ3n) is 2.49. The van der Waals surface area contributed by atoms with Crippen molar-refractivity contribution in [3.8, 4) is 0 Å². The fourth-order valence-electron chi connectivity index (χ4n) is 1.71. The summed E-state index contributed by atoms with van der Waals surface area (Å²) in [5.74, 6) is -0.267. The Hall–Kier alpha value is -1.03. The van der Waals surface area contributed by atoms with E-state index in [4.69, 9.17) is 17.3 Å². The fraction of sp³-hybridized carbons (Fsp3) is 0.143. The first-order valence-corrected chi connectivity index (χ1v) is 6.75. The van der Waals surface area contributed by atoms with Gasteiger partial charge in [-0.2, -0.15) is 0 Å². The highest BCUT2D eigenvalue weighted by Gasteiger charge is 2.13. The molecule has 0 fully saturated rings. The van der Waals surface area contributed by atoms with Crippen LogP contribution >= 0.6 is 23.4 Å². The van der Waals surface area contributed by atoms with Gasteiger partial charge in [0.25, 0.3) is 0 Å². The molecule has 1 atom stereocenters. The molecule has 0 bridgehead atoms. The zero-order chi connectivity index (χ0) is 13.1. The van der Waals surface area contributed by atoms with Crippen molar-refractivity contribution in [3.05, 3.63) is 58.9 Å². The number of rotatable bonds is 3. The quantitative estimate of drug-likeness (QED) is 0.886. The van der Waals surface area contributed by atoms with E-state index in [1.807, 2.05) is 30.3 Å². The molecular weight excluding hydrogens is 269 g/mol. The molecule has 2 aromatic rings. The van der Waals surface area contributed by atoms with Crippen molar-refractivity contribution in [1.29, 1.82) is 0 Å². The van der Waals surface area contributed by atoms with Crippen LogP contribution < -0.4 is 5.73 Å². The molecule has 0 aliphatic carbocycles. The molecule has 0 aliphatic rings. The molecule has 0 spiro atoms. The van der Waals surface area contributed by atoms with Crippen LogP contribution in [-0.2, 0) is 0 Å². The molecule has 0 aliphatic heterocycles. The predicted molar refractivity (Wildman–Crippen MR) is 74.6 cm³/mol. The van der Waals surface area contributed by atoms with E-state index >= 15 is 0 Å². The summed E-state index contributed by atoms with van der Waals surface area (Å²) in [6.07, 6.45) is 0. The third kappa shape index (κ3) is 3.05. The Bertz CT molecular complexity index is 557. The summed E-state index contributed by atoms with van der Waals surface area (Å²) >= 11 is 7.40. The minimum absolute atomic E-state index is 0.267. The second-order valence-electron chi connectivity index (χ2n) is 4.00. The molecule has 94 valence electrons. The second-order valence-corrected chi connectivity index (χ2v) is 5.55. The maximum atomic E-state index is 13.8. The lowest BCUT2D eigenvalue weighted by molar-refractivity contribution is 0.585. The van der Waals surface area contributed by atoms with Crippen molar-refractivity contribution in [3.63, 3.8) is 0 Å². The van der Waals surface area contributed by atoms with Gasteiger partial charge in [-0.05, 0) is 37.3 Å². The molecule has 2 N–H and O–H groups in total. The molecule has 0 aromatic heterocycles. The van der Waals surface area contributed by atoms with E-state index in [9.17, 15) is 4.39 Å². The van der Waals surface area contributed by atoms with Crippen LogP contribution in [0.5, 0.6) is 0 Å². The summed E-state index contributed by atoms with van der Waals surface area (Å²) in [4.78, 5) is 1.79. The fourth-order valence-corrected chi connectivity index (χ4v) is 3.09. The molecule has 4 heteroatoms. The average molecular weight is 282 g/mol. The van der Waals surface area contributed by atoms with Crippen molar-refractivity contribution in [2.75, 3.05) is 0 Å². The molecule has 0 saturated heterocycles. The van der Waals surface area contributed by atoms with Gasteiger partial charge in [-0.15, -0.1) is 0 Å². The first-order chi connectivity index (χ1) is 8.58. The van der Waals surface area contributed by atoms with Crippen LogP contribution in [0.25, 0.3) is 0 Å². The number of halogens is 2. The van der Waals surface area contributed by atoms with Crippen LogP contribution in [-0.4, -0.2) is 0 Å². The SMILES string of the molecule is C[C@H](N)c1c(F)cccc1Sc1cccc(Cl)c1. The molecule has 0 heterocycles. The number of benzene rings is 2. The minimum atomic E-state index is -0.340. The molecule has 2 rings (SSSR count). The van der Waals surface area contributed by atoms with Crippen LogP contribution in [0, 0.1) is 5.82 Å². The highest BCUT2D eigenvalue weighted by molar-refractivity contribution is 7.99. The van der Waals surface area contributed by atoms with Gasteiger partial charge in [0, 0.05) is 26.4 Å². The Kier molecular flexibility index (Phi) is 4.27. The summed E-state index contributed by atoms with van der Waals surface area (Å²) in [5, 5.41) is 0.666. The van der Waals surface area contributed by atoms with Crippen molar-refractivity contribution in [2.45, 2.75) is 22.8 Å². The summed E-state index contributed by atoms with van der Waals surface area (Å²) < 4.78 is 13.8. The normalized spacial score (nSPS) is 12.4. The van der Waals surface area contributed by atoms with Gasteiger partial charge >= 0.3 is 0 Å². The topological polar surface area (TPSA) is 26.0 Å². The molecule has 0 amide bonds. The summed E-state index contributed by atoms with van der Waals surface area (Å²) in [7, 11) is 0. The monoisotopic (exact) mass is 281 g/mol. The second kappa shape index (κ2) is 5.74. The Labute approximate surface area is 115 Å². The van der Waals surface area contributed by atoms with Gasteiger partial charge in [-0.25, -0.2) is 4.39 Å². The largest absolute Gasteiger partial charge is 0.324 e. The van der Waals surface area contributed by atoms with Crippen molar-refractivity contribution < 1.29 is 4.39 Å². The molecule has 2 aromatic carbocycles. The molecule has 0 saturated carbocycles. The van der Waals surface area contributed by atoms with E-state index in [2.05, 4.69) is 0 Å². The molecule has 1 nitrogen and oxygen atoms in total. The zero-order valence-corrected chi connectivity index (χ0v) is 11.4. The maximum Gasteiger partial charge on any atom is 0.129 e. The smallest absolute Gasteiger partial charge is 0.129 e. The van der Waals surface area contributed by atoms with Crippen LogP contribution in [0.3, 0.4) is 0 Å². The zero-order valence-electron chi connectivity index (χ0n) is 9.86. The first-order valence-electron chi connectivity index (χ1n) is 5.55. The molecular formula is C14H13ClFNS. The van der Waals surface area contributed by atoms with E-state index in [0.717, 1.165) is 9.79 Å². The van der Waals surface area contributed by atoms with Crippen LogP contribution in [0.2, 0.25) is 5.02 Å². The highest BCUT2D eigenvalue weighted by atomic mass is 35.5. The Balaban J connectivity index is 2.37. The van der Waals surface area contributed by atoms with Crippen molar-refractivity contribution in [1.82, 2.24) is 0 Å². The maximum absolute atomic E-state index is 13.8. The van der Waals surface area contributed by atoms with Gasteiger partial charge in [0.2, 0.25) is 0 Å². The lowest BCUT2D eigenvalue weighted by Crippen LogP contribution is -2.08. The van der Waals surface area contributed by atoms with Gasteiger partial charge in [-0.3, -0.25) is 0 Å². The van der Waals surface area contributed by atoms with Crippen molar-refractivity contribution >= 4 is 23.4 Å². The van der Waals surface area contributed by atoms with Gasteiger partial charge in [-0.1, -0.05) is 35.5 Å². The summed E-state index contributed by atoms with van der Waals surface area (Å²) in [6, 6.07) is 12.1. The Morgan fingerprint density at radius 1 is 1.22 bits per heavy atom. The highest BCUT2D eigenvalue weighted by Crippen LogP contribution is 2.34. The number of hydrogen-bond acceptors (Lipinski definition) is 2.